The Morgan fingerprint density at radius 1 is 1.45 bits per heavy atom. The zero-order chi connectivity index (χ0) is 13.9. The molecule has 1 amide bonds. The molecule has 0 saturated heterocycles. The molecule has 20 heavy (non-hydrogen) atoms. The smallest absolute Gasteiger partial charge is 0.272 e. The first-order valence-corrected chi connectivity index (χ1v) is 5.79. The Bertz CT molecular complexity index is 732. The third-order valence-corrected chi connectivity index (χ3v) is 2.62. The van der Waals surface area contributed by atoms with Crippen LogP contribution in [0.1, 0.15) is 10.5 Å². The van der Waals surface area contributed by atoms with E-state index >= 15 is 0 Å². The van der Waals surface area contributed by atoms with Crippen LogP contribution in [0.2, 0.25) is 0 Å². The summed E-state index contributed by atoms with van der Waals surface area (Å²) >= 11 is 0. The number of hydrogen-bond acceptors (Lipinski definition) is 5. The number of rotatable bonds is 3. The van der Waals surface area contributed by atoms with E-state index in [1.54, 1.807) is 30.6 Å². The second-order valence-electron chi connectivity index (χ2n) is 4.02. The molecule has 0 atom stereocenters. The molecular weight excluding hydrogens is 258 g/mol. The van der Waals surface area contributed by atoms with Gasteiger partial charge in [-0.2, -0.15) is 5.10 Å². The molecule has 100 valence electrons. The third kappa shape index (κ3) is 2.21. The standard InChI is InChI=1S/C12H11N7O/c13-8-4-10(16-5-8)12(20)18-9-2-1-3-15-11(9)19-7-14-6-17-19/h1-7,16H,13H2,(H,18,20). The van der Waals surface area contributed by atoms with E-state index in [4.69, 9.17) is 5.73 Å². The Balaban J connectivity index is 1.90. The lowest BCUT2D eigenvalue weighted by Crippen LogP contribution is -2.15. The van der Waals surface area contributed by atoms with Crippen LogP contribution < -0.4 is 11.1 Å². The van der Waals surface area contributed by atoms with Gasteiger partial charge in [0.2, 0.25) is 0 Å². The summed E-state index contributed by atoms with van der Waals surface area (Å²) in [6.45, 7) is 0. The number of nitrogens with two attached hydrogens (primary N) is 1. The second kappa shape index (κ2) is 4.84. The molecule has 3 rings (SSSR count). The van der Waals surface area contributed by atoms with Gasteiger partial charge in [0, 0.05) is 18.1 Å². The van der Waals surface area contributed by atoms with Crippen LogP contribution in [0.5, 0.6) is 0 Å². The summed E-state index contributed by atoms with van der Waals surface area (Å²) in [5, 5.41) is 6.75. The van der Waals surface area contributed by atoms with Crippen LogP contribution in [0.3, 0.4) is 0 Å². The largest absolute Gasteiger partial charge is 0.397 e. The van der Waals surface area contributed by atoms with Crippen molar-refractivity contribution in [2.75, 3.05) is 11.1 Å². The summed E-state index contributed by atoms with van der Waals surface area (Å²) in [6.07, 6.45) is 6.06. The van der Waals surface area contributed by atoms with E-state index in [9.17, 15) is 4.79 Å². The van der Waals surface area contributed by atoms with E-state index in [-0.39, 0.29) is 5.91 Å². The summed E-state index contributed by atoms with van der Waals surface area (Å²) < 4.78 is 1.47. The first kappa shape index (κ1) is 11.9. The predicted molar refractivity (Wildman–Crippen MR) is 72.3 cm³/mol. The fourth-order valence-electron chi connectivity index (χ4n) is 1.73. The minimum Gasteiger partial charge on any atom is -0.397 e. The zero-order valence-electron chi connectivity index (χ0n) is 10.3. The maximum atomic E-state index is 12.1. The number of nitrogens with zero attached hydrogens (tertiary/aromatic N) is 4. The highest BCUT2D eigenvalue weighted by Gasteiger charge is 2.12. The van der Waals surface area contributed by atoms with Gasteiger partial charge in [-0.15, -0.1) is 0 Å². The summed E-state index contributed by atoms with van der Waals surface area (Å²) in [4.78, 5) is 22.9. The van der Waals surface area contributed by atoms with Gasteiger partial charge in [0.25, 0.3) is 5.91 Å². The molecule has 0 aromatic carbocycles. The van der Waals surface area contributed by atoms with Crippen LogP contribution in [-0.4, -0.2) is 30.6 Å². The van der Waals surface area contributed by atoms with Crippen molar-refractivity contribution in [1.29, 1.82) is 0 Å². The number of amides is 1. The Labute approximate surface area is 113 Å². The number of aromatic amines is 1. The monoisotopic (exact) mass is 269 g/mol. The van der Waals surface area contributed by atoms with Gasteiger partial charge in [-0.05, 0) is 18.2 Å². The number of carbonyl (C=O) groups is 1. The minimum absolute atomic E-state index is 0.309. The highest BCUT2D eigenvalue weighted by molar-refractivity contribution is 6.04. The Hall–Kier alpha value is -3.16. The molecule has 4 N–H and O–H groups in total. The maximum Gasteiger partial charge on any atom is 0.272 e. The average molecular weight is 269 g/mol. The molecule has 0 aliphatic heterocycles. The van der Waals surface area contributed by atoms with Crippen LogP contribution in [0.25, 0.3) is 5.82 Å². The molecule has 0 fully saturated rings. The van der Waals surface area contributed by atoms with Crippen LogP contribution in [0, 0.1) is 0 Å². The van der Waals surface area contributed by atoms with Crippen molar-refractivity contribution in [3.05, 3.63) is 48.9 Å². The van der Waals surface area contributed by atoms with Gasteiger partial charge in [-0.1, -0.05) is 0 Å². The van der Waals surface area contributed by atoms with Gasteiger partial charge in [0.05, 0.1) is 5.69 Å². The summed E-state index contributed by atoms with van der Waals surface area (Å²) in [5.41, 5.74) is 6.96. The van der Waals surface area contributed by atoms with Crippen molar-refractivity contribution in [2.24, 2.45) is 0 Å². The molecule has 3 heterocycles. The van der Waals surface area contributed by atoms with Gasteiger partial charge in [0.15, 0.2) is 5.82 Å². The summed E-state index contributed by atoms with van der Waals surface area (Å²) in [6, 6.07) is 5.01. The first-order chi connectivity index (χ1) is 9.74. The molecule has 8 nitrogen and oxygen atoms in total. The normalized spacial score (nSPS) is 10.4. The van der Waals surface area contributed by atoms with Crippen LogP contribution in [0.15, 0.2) is 43.2 Å². The lowest BCUT2D eigenvalue weighted by molar-refractivity contribution is 0.102. The molecule has 0 aliphatic carbocycles. The number of carbonyl (C=O) groups excluding carboxylic acids is 1. The molecule has 0 bridgehead atoms. The van der Waals surface area contributed by atoms with Crippen LogP contribution in [0.4, 0.5) is 11.4 Å². The van der Waals surface area contributed by atoms with E-state index in [1.165, 1.54) is 17.3 Å². The van der Waals surface area contributed by atoms with Crippen LogP contribution in [-0.2, 0) is 0 Å². The highest BCUT2D eigenvalue weighted by Crippen LogP contribution is 2.17. The predicted octanol–water partition coefficient (Wildman–Crippen LogP) is 0.825. The number of H-pyrrole nitrogens is 1. The third-order valence-electron chi connectivity index (χ3n) is 2.62. The molecule has 0 saturated carbocycles. The molecule has 0 radical (unpaired) electrons. The van der Waals surface area contributed by atoms with Crippen molar-refractivity contribution in [3.63, 3.8) is 0 Å². The molecule has 3 aromatic heterocycles. The molecule has 0 aliphatic rings. The molecular formula is C12H11N7O. The summed E-state index contributed by atoms with van der Waals surface area (Å²) in [7, 11) is 0. The van der Waals surface area contributed by atoms with Gasteiger partial charge in [-0.25, -0.2) is 14.6 Å². The van der Waals surface area contributed by atoms with E-state index in [0.29, 0.717) is 22.9 Å². The number of hydrogen-bond donors (Lipinski definition) is 3. The van der Waals surface area contributed by atoms with E-state index in [2.05, 4.69) is 25.4 Å². The van der Waals surface area contributed by atoms with Crippen molar-refractivity contribution in [1.82, 2.24) is 24.7 Å². The molecule has 0 spiro atoms. The highest BCUT2D eigenvalue weighted by atomic mass is 16.1. The number of anilines is 2. The Morgan fingerprint density at radius 2 is 2.35 bits per heavy atom. The number of nitrogens with one attached hydrogen (secondary N) is 2. The SMILES string of the molecule is Nc1c[nH]c(C(=O)Nc2cccnc2-n2cncn2)c1. The van der Waals surface area contributed by atoms with Gasteiger partial charge in [0.1, 0.15) is 18.3 Å². The molecule has 0 unspecified atom stereocenters. The van der Waals surface area contributed by atoms with E-state index < -0.39 is 0 Å². The van der Waals surface area contributed by atoms with Crippen LogP contribution >= 0.6 is 0 Å². The number of pyridine rings is 1. The number of aromatic nitrogens is 5. The van der Waals surface area contributed by atoms with Crippen molar-refractivity contribution >= 4 is 17.3 Å². The summed E-state index contributed by atoms with van der Waals surface area (Å²) in [5.74, 6) is 0.175. The van der Waals surface area contributed by atoms with E-state index in [1.807, 2.05) is 0 Å². The number of nitrogen functional groups attached to an aromatic ring is 1. The van der Waals surface area contributed by atoms with Gasteiger partial charge in [-0.3, -0.25) is 4.79 Å². The Kier molecular flexibility index (Phi) is 2.88. The average Bonchev–Trinajstić information content (AvgIpc) is 3.10. The van der Waals surface area contributed by atoms with E-state index in [0.717, 1.165) is 0 Å². The fraction of sp³-hybridized carbons (Fsp3) is 0. The molecule has 3 aromatic rings. The quantitative estimate of drug-likeness (QED) is 0.651. The van der Waals surface area contributed by atoms with Crippen molar-refractivity contribution in [3.8, 4) is 5.82 Å². The van der Waals surface area contributed by atoms with Gasteiger partial charge < -0.3 is 16.0 Å². The lowest BCUT2D eigenvalue weighted by Gasteiger charge is -2.08. The zero-order valence-corrected chi connectivity index (χ0v) is 10.3. The fourth-order valence-corrected chi connectivity index (χ4v) is 1.73. The Morgan fingerprint density at radius 3 is 3.05 bits per heavy atom. The second-order valence-corrected chi connectivity index (χ2v) is 4.02. The topological polar surface area (TPSA) is 115 Å². The van der Waals surface area contributed by atoms with Crippen molar-refractivity contribution < 1.29 is 4.79 Å². The lowest BCUT2D eigenvalue weighted by atomic mass is 10.3. The first-order valence-electron chi connectivity index (χ1n) is 5.79. The van der Waals surface area contributed by atoms with Crippen molar-refractivity contribution in [2.45, 2.75) is 0 Å². The minimum atomic E-state index is -0.309. The maximum absolute atomic E-state index is 12.1. The molecule has 8 heteroatoms. The van der Waals surface area contributed by atoms with Gasteiger partial charge >= 0.3 is 0 Å².